The quantitative estimate of drug-likeness (QED) is 0.308. The van der Waals surface area contributed by atoms with Crippen LogP contribution in [0.3, 0.4) is 0 Å². The van der Waals surface area contributed by atoms with Crippen LogP contribution in [-0.2, 0) is 19.1 Å². The predicted octanol–water partition coefficient (Wildman–Crippen LogP) is 4.57. The number of pyridine rings is 1. The summed E-state index contributed by atoms with van der Waals surface area (Å²) in [6.45, 7) is 0.370. The number of nitrogens with zero attached hydrogens (tertiary/aromatic N) is 5. The van der Waals surface area contributed by atoms with E-state index < -0.39 is 17.4 Å². The number of alkyl halides is 3. The van der Waals surface area contributed by atoms with E-state index >= 15 is 0 Å². The largest absolute Gasteiger partial charge is 0.476 e. The van der Waals surface area contributed by atoms with Gasteiger partial charge in [-0.15, -0.1) is 0 Å². The van der Waals surface area contributed by atoms with Crippen LogP contribution in [0.25, 0.3) is 0 Å². The third-order valence-corrected chi connectivity index (χ3v) is 5.23. The van der Waals surface area contributed by atoms with Crippen molar-refractivity contribution in [2.45, 2.75) is 19.1 Å². The van der Waals surface area contributed by atoms with Gasteiger partial charge in [0.05, 0.1) is 25.8 Å². The van der Waals surface area contributed by atoms with Gasteiger partial charge >= 0.3 is 17.9 Å². The molecule has 4 aromatic rings. The van der Waals surface area contributed by atoms with Gasteiger partial charge in [-0.25, -0.2) is 19.7 Å². The van der Waals surface area contributed by atoms with E-state index in [9.17, 15) is 18.0 Å². The summed E-state index contributed by atoms with van der Waals surface area (Å²) in [6, 6.07) is 9.13. The van der Waals surface area contributed by atoms with Gasteiger partial charge in [-0.2, -0.15) is 18.2 Å². The van der Waals surface area contributed by atoms with Crippen molar-refractivity contribution in [2.24, 2.45) is 0 Å². The fourth-order valence-corrected chi connectivity index (χ4v) is 3.33. The van der Waals surface area contributed by atoms with E-state index in [-0.39, 0.29) is 35.9 Å². The van der Waals surface area contributed by atoms with E-state index in [2.05, 4.69) is 19.9 Å². The third-order valence-electron chi connectivity index (χ3n) is 4.97. The maximum absolute atomic E-state index is 12.6. The van der Waals surface area contributed by atoms with Crippen molar-refractivity contribution in [3.63, 3.8) is 0 Å². The monoisotopic (exact) mass is 533 g/mol. The van der Waals surface area contributed by atoms with Crippen LogP contribution in [0.1, 0.15) is 16.7 Å². The molecule has 192 valence electrons. The summed E-state index contributed by atoms with van der Waals surface area (Å²) in [6.07, 6.45) is 1.23. The van der Waals surface area contributed by atoms with Crippen LogP contribution >= 0.6 is 11.6 Å². The SMILES string of the molecule is COc1ncc(Cn2cc(Cl)c(OCCc3ccc(Oc4ccc(C(F)(F)F)cn4)cc3)nc2=O)cn1. The Morgan fingerprint density at radius 3 is 2.32 bits per heavy atom. The predicted molar refractivity (Wildman–Crippen MR) is 126 cm³/mol. The summed E-state index contributed by atoms with van der Waals surface area (Å²) in [5.74, 6) is 0.466. The molecule has 0 bridgehead atoms. The van der Waals surface area contributed by atoms with Crippen molar-refractivity contribution in [1.29, 1.82) is 0 Å². The van der Waals surface area contributed by atoms with Crippen molar-refractivity contribution in [2.75, 3.05) is 13.7 Å². The molecule has 0 N–H and O–H groups in total. The number of ether oxygens (including phenoxy) is 3. The van der Waals surface area contributed by atoms with Crippen LogP contribution in [0.4, 0.5) is 13.2 Å². The molecule has 0 spiro atoms. The molecule has 0 unspecified atom stereocenters. The fourth-order valence-electron chi connectivity index (χ4n) is 3.11. The Morgan fingerprint density at radius 1 is 0.973 bits per heavy atom. The van der Waals surface area contributed by atoms with Crippen LogP contribution in [-0.4, -0.2) is 38.2 Å². The van der Waals surface area contributed by atoms with Crippen molar-refractivity contribution in [1.82, 2.24) is 24.5 Å². The first-order valence-corrected chi connectivity index (χ1v) is 11.1. The summed E-state index contributed by atoms with van der Waals surface area (Å²) in [5.41, 5.74) is 0.148. The fraction of sp³-hybridized carbons (Fsp3) is 0.208. The molecule has 0 aliphatic rings. The molecule has 0 fully saturated rings. The lowest BCUT2D eigenvalue weighted by Gasteiger charge is -2.10. The summed E-state index contributed by atoms with van der Waals surface area (Å²) in [5, 5.41) is 0.168. The molecule has 1 aromatic carbocycles. The van der Waals surface area contributed by atoms with E-state index in [1.807, 2.05) is 0 Å². The number of hydrogen-bond acceptors (Lipinski definition) is 8. The molecule has 13 heteroatoms. The maximum Gasteiger partial charge on any atom is 0.417 e. The molecule has 37 heavy (non-hydrogen) atoms. The van der Waals surface area contributed by atoms with Gasteiger partial charge in [0.2, 0.25) is 11.8 Å². The highest BCUT2D eigenvalue weighted by molar-refractivity contribution is 6.31. The van der Waals surface area contributed by atoms with Crippen LogP contribution in [0, 0.1) is 0 Å². The van der Waals surface area contributed by atoms with Crippen molar-refractivity contribution in [3.8, 4) is 23.5 Å². The number of benzene rings is 1. The van der Waals surface area contributed by atoms with Gasteiger partial charge < -0.3 is 14.2 Å². The van der Waals surface area contributed by atoms with Crippen molar-refractivity contribution in [3.05, 3.63) is 93.4 Å². The normalized spacial score (nSPS) is 11.3. The summed E-state index contributed by atoms with van der Waals surface area (Å²) >= 11 is 6.25. The van der Waals surface area contributed by atoms with Gasteiger partial charge in [0.1, 0.15) is 10.8 Å². The van der Waals surface area contributed by atoms with Gasteiger partial charge in [-0.05, 0) is 23.8 Å². The summed E-state index contributed by atoms with van der Waals surface area (Å²) in [4.78, 5) is 28.0. The van der Waals surface area contributed by atoms with Crippen molar-refractivity contribution < 1.29 is 27.4 Å². The smallest absolute Gasteiger partial charge is 0.417 e. The molecule has 3 aromatic heterocycles. The minimum Gasteiger partial charge on any atom is -0.476 e. The average Bonchev–Trinajstić information content (AvgIpc) is 2.88. The minimum atomic E-state index is -4.46. The van der Waals surface area contributed by atoms with Crippen LogP contribution in [0.15, 0.2) is 66.0 Å². The molecular formula is C24H19ClF3N5O4. The third kappa shape index (κ3) is 6.94. The number of hydrogen-bond donors (Lipinski definition) is 0. The lowest BCUT2D eigenvalue weighted by molar-refractivity contribution is -0.137. The first kappa shape index (κ1) is 25.9. The second-order valence-corrected chi connectivity index (χ2v) is 8.02. The molecule has 0 amide bonds. The first-order valence-electron chi connectivity index (χ1n) is 10.8. The van der Waals surface area contributed by atoms with Gasteiger partial charge in [0.15, 0.2) is 0 Å². The molecule has 3 heterocycles. The topological polar surface area (TPSA) is 101 Å². The number of aromatic nitrogens is 5. The van der Waals surface area contributed by atoms with E-state index in [0.717, 1.165) is 17.7 Å². The molecule has 0 atom stereocenters. The Labute approximate surface area is 213 Å². The zero-order valence-electron chi connectivity index (χ0n) is 19.3. The Bertz CT molecular complexity index is 1400. The number of rotatable bonds is 9. The number of methoxy groups -OCH3 is 1. The van der Waals surface area contributed by atoms with E-state index in [4.69, 9.17) is 25.8 Å². The highest BCUT2D eigenvalue weighted by atomic mass is 35.5. The first-order chi connectivity index (χ1) is 17.7. The molecule has 0 aliphatic carbocycles. The van der Waals surface area contributed by atoms with E-state index in [0.29, 0.717) is 23.9 Å². The molecular weight excluding hydrogens is 515 g/mol. The molecule has 0 radical (unpaired) electrons. The second-order valence-electron chi connectivity index (χ2n) is 7.61. The Kier molecular flexibility index (Phi) is 7.87. The van der Waals surface area contributed by atoms with Crippen molar-refractivity contribution >= 4 is 11.6 Å². The zero-order chi connectivity index (χ0) is 26.4. The average molecular weight is 534 g/mol. The molecule has 0 saturated heterocycles. The van der Waals surface area contributed by atoms with Crippen LogP contribution in [0.5, 0.6) is 23.5 Å². The molecule has 4 rings (SSSR count). The maximum atomic E-state index is 12.6. The summed E-state index contributed by atoms with van der Waals surface area (Å²) < 4.78 is 55.2. The molecule has 0 aliphatic heterocycles. The molecule has 0 saturated carbocycles. The van der Waals surface area contributed by atoms with Crippen LogP contribution < -0.4 is 19.9 Å². The van der Waals surface area contributed by atoms with E-state index in [1.165, 1.54) is 30.3 Å². The number of halogens is 4. The second kappa shape index (κ2) is 11.2. The Morgan fingerprint density at radius 2 is 1.70 bits per heavy atom. The summed E-state index contributed by atoms with van der Waals surface area (Å²) in [7, 11) is 1.45. The standard InChI is InChI=1S/C24H19ClF3N5O4/c1-35-22-30-10-16(11-31-22)13-33-14-19(25)21(32-23(33)34)36-9-8-15-2-5-18(6-3-15)37-20-7-4-17(12-29-20)24(26,27)28/h2-7,10-12,14H,8-9,13H2,1H3. The molecule has 9 nitrogen and oxygen atoms in total. The van der Waals surface area contributed by atoms with Gasteiger partial charge in [0.25, 0.3) is 0 Å². The minimum absolute atomic E-state index is 0.0160. The van der Waals surface area contributed by atoms with Gasteiger partial charge in [-0.3, -0.25) is 4.57 Å². The van der Waals surface area contributed by atoms with Gasteiger partial charge in [-0.1, -0.05) is 23.7 Å². The van der Waals surface area contributed by atoms with E-state index in [1.54, 1.807) is 24.3 Å². The lowest BCUT2D eigenvalue weighted by atomic mass is 10.1. The van der Waals surface area contributed by atoms with Crippen LogP contribution in [0.2, 0.25) is 5.02 Å². The Hall–Kier alpha value is -4.19. The Balaban J connectivity index is 1.30. The lowest BCUT2D eigenvalue weighted by Crippen LogP contribution is -2.24. The highest BCUT2D eigenvalue weighted by Crippen LogP contribution is 2.30. The zero-order valence-corrected chi connectivity index (χ0v) is 20.0. The van der Waals surface area contributed by atoms with Gasteiger partial charge in [0, 0.05) is 42.8 Å². The highest BCUT2D eigenvalue weighted by Gasteiger charge is 2.30.